The molecule has 5 aromatic rings. The summed E-state index contributed by atoms with van der Waals surface area (Å²) in [6, 6.07) is 16.6. The van der Waals surface area contributed by atoms with Gasteiger partial charge in [-0.25, -0.2) is 8.78 Å². The van der Waals surface area contributed by atoms with Crippen molar-refractivity contribution in [2.24, 2.45) is 18.4 Å². The van der Waals surface area contributed by atoms with Gasteiger partial charge in [0.2, 0.25) is 11.8 Å². The van der Waals surface area contributed by atoms with E-state index in [4.69, 9.17) is 16.3 Å². The smallest absolute Gasteiger partial charge is 0.264 e. The number of likely N-dealkylation sites (tertiary alicyclic amines) is 1. The van der Waals surface area contributed by atoms with Gasteiger partial charge < -0.3 is 24.3 Å². The van der Waals surface area contributed by atoms with Crippen molar-refractivity contribution >= 4 is 40.5 Å². The average molecular weight is 1000 g/mol. The summed E-state index contributed by atoms with van der Waals surface area (Å²) in [5, 5.41) is 30.6. The highest BCUT2D eigenvalue weighted by molar-refractivity contribution is 6.32. The van der Waals surface area contributed by atoms with E-state index in [2.05, 4.69) is 66.2 Å². The second kappa shape index (κ2) is 21.4. The lowest BCUT2D eigenvalue weighted by Crippen LogP contribution is -2.51. The first kappa shape index (κ1) is 49.8. The van der Waals surface area contributed by atoms with Crippen LogP contribution in [0.2, 0.25) is 5.02 Å². The number of carbonyl (C=O) groups is 1. The molecule has 8 heterocycles. The van der Waals surface area contributed by atoms with Crippen molar-refractivity contribution < 1.29 is 18.3 Å². The number of hydrogen-bond acceptors (Lipinski definition) is 11. The first-order chi connectivity index (χ1) is 34.8. The molecule has 2 aromatic carbocycles. The van der Waals surface area contributed by atoms with Crippen molar-refractivity contribution in [1.29, 1.82) is 5.26 Å². The molecule has 1 saturated carbocycles. The number of fused-ring (bicyclic) bond motifs is 2. The molecule has 3 saturated heterocycles. The molecule has 72 heavy (non-hydrogen) atoms. The summed E-state index contributed by atoms with van der Waals surface area (Å²) in [6.07, 6.45) is 16.0. The molecule has 6 aliphatic rings. The summed E-state index contributed by atoms with van der Waals surface area (Å²) in [5.41, 5.74) is 6.96. The summed E-state index contributed by atoms with van der Waals surface area (Å²) >= 11 is 6.31. The number of ether oxygens (including phenoxy) is 1. The molecule has 11 rings (SSSR count). The van der Waals surface area contributed by atoms with Gasteiger partial charge in [-0.05, 0) is 130 Å². The Labute approximate surface area is 427 Å². The van der Waals surface area contributed by atoms with Crippen LogP contribution in [-0.2, 0) is 31.2 Å². The van der Waals surface area contributed by atoms with Gasteiger partial charge in [0, 0.05) is 124 Å². The van der Waals surface area contributed by atoms with Crippen LogP contribution in [0.4, 0.5) is 31.8 Å². The quantitative estimate of drug-likeness (QED) is 0.151. The van der Waals surface area contributed by atoms with Crippen molar-refractivity contribution in [2.45, 2.75) is 135 Å². The van der Waals surface area contributed by atoms with Crippen LogP contribution in [0.3, 0.4) is 0 Å². The second-order valence-corrected chi connectivity index (χ2v) is 21.9. The zero-order valence-electron chi connectivity index (χ0n) is 42.3. The van der Waals surface area contributed by atoms with E-state index < -0.39 is 6.43 Å². The van der Waals surface area contributed by atoms with Crippen molar-refractivity contribution in [3.63, 3.8) is 0 Å². The topological polar surface area (TPSA) is 139 Å². The van der Waals surface area contributed by atoms with Crippen molar-refractivity contribution in [3.05, 3.63) is 87.8 Å². The molecule has 17 heteroatoms. The average Bonchev–Trinajstić information content (AvgIpc) is 4.14. The van der Waals surface area contributed by atoms with Gasteiger partial charge >= 0.3 is 0 Å². The van der Waals surface area contributed by atoms with Crippen molar-refractivity contribution in [3.8, 4) is 23.1 Å². The van der Waals surface area contributed by atoms with Crippen molar-refractivity contribution in [2.75, 3.05) is 60.5 Å². The van der Waals surface area contributed by atoms with Crippen LogP contribution >= 0.6 is 11.6 Å². The van der Waals surface area contributed by atoms with Crippen LogP contribution in [0.15, 0.2) is 54.9 Å². The second-order valence-electron chi connectivity index (χ2n) is 21.5. The number of hydrogen-bond donors (Lipinski definition) is 1. The Kier molecular flexibility index (Phi) is 14.8. The summed E-state index contributed by atoms with van der Waals surface area (Å²) < 4.78 is 36.1. The number of halogens is 3. The molecule has 1 N–H and O–H groups in total. The third kappa shape index (κ3) is 10.6. The number of alkyl halides is 2. The highest BCUT2D eigenvalue weighted by atomic mass is 35.5. The number of aromatic nitrogens is 6. The van der Waals surface area contributed by atoms with E-state index in [1.54, 1.807) is 42.0 Å². The van der Waals surface area contributed by atoms with Gasteiger partial charge in [0.1, 0.15) is 12.2 Å². The Bertz CT molecular complexity index is 2730. The van der Waals surface area contributed by atoms with E-state index in [0.29, 0.717) is 71.1 Å². The molecule has 14 nitrogen and oxygen atoms in total. The third-order valence-corrected chi connectivity index (χ3v) is 17.0. The number of rotatable bonds is 9. The first-order valence-corrected chi connectivity index (χ1v) is 26.7. The molecule has 5 aliphatic heterocycles. The minimum absolute atomic E-state index is 0.00610. The highest BCUT2D eigenvalue weighted by Crippen LogP contribution is 2.45. The molecule has 4 fully saturated rings. The summed E-state index contributed by atoms with van der Waals surface area (Å²) in [5.74, 6) is 3.24. The number of carbonyl (C=O) groups excluding carboxylic acids is 1. The minimum atomic E-state index is -2.61. The van der Waals surface area contributed by atoms with Gasteiger partial charge in [-0.15, -0.1) is 10.2 Å². The number of H-pyrrole nitrogens is 1. The minimum Gasteiger partial charge on any atom is -0.473 e. The van der Waals surface area contributed by atoms with Crippen LogP contribution in [-0.4, -0.2) is 110 Å². The number of amides is 1. The zero-order valence-corrected chi connectivity index (χ0v) is 43.1. The van der Waals surface area contributed by atoms with Gasteiger partial charge in [0.05, 0.1) is 23.3 Å². The Morgan fingerprint density at radius 3 is 2.38 bits per heavy atom. The number of benzene rings is 2. The molecule has 3 aromatic heterocycles. The van der Waals surface area contributed by atoms with Gasteiger partial charge in [-0.3, -0.25) is 19.5 Å². The number of aryl methyl sites for hydroxylation is 2. The van der Waals surface area contributed by atoms with Gasteiger partial charge in [0.15, 0.2) is 11.6 Å². The number of aromatic amines is 1. The summed E-state index contributed by atoms with van der Waals surface area (Å²) in [4.78, 5) is 23.3. The van der Waals surface area contributed by atoms with E-state index in [1.165, 1.54) is 45.1 Å². The normalized spacial score (nSPS) is 22.3. The predicted octanol–water partition coefficient (Wildman–Crippen LogP) is 10.4. The molecule has 1 spiro atoms. The monoisotopic (exact) mass is 1000 g/mol. The first-order valence-electron chi connectivity index (χ1n) is 26.3. The van der Waals surface area contributed by atoms with E-state index in [-0.39, 0.29) is 17.6 Å². The Balaban J connectivity index is 0.000000172. The van der Waals surface area contributed by atoms with Gasteiger partial charge in [0.25, 0.3) is 6.43 Å². The molecule has 0 radical (unpaired) electrons. The summed E-state index contributed by atoms with van der Waals surface area (Å²) in [7, 11) is 1.77. The zero-order chi connectivity index (χ0) is 50.1. The van der Waals surface area contributed by atoms with E-state index in [9.17, 15) is 18.8 Å². The van der Waals surface area contributed by atoms with Gasteiger partial charge in [-0.1, -0.05) is 30.9 Å². The highest BCUT2D eigenvalue weighted by Gasteiger charge is 2.41. The predicted molar refractivity (Wildman–Crippen MR) is 277 cm³/mol. The maximum atomic E-state index is 14.1. The van der Waals surface area contributed by atoms with Crippen LogP contribution in [0.5, 0.6) is 5.88 Å². The molecule has 1 aliphatic carbocycles. The van der Waals surface area contributed by atoms with Gasteiger partial charge in [-0.2, -0.15) is 15.5 Å². The molecular weight excluding hydrogens is 934 g/mol. The van der Waals surface area contributed by atoms with Crippen LogP contribution in [0, 0.1) is 22.7 Å². The fraction of sp³-hybridized carbons (Fsp3) is 0.564. The fourth-order valence-corrected chi connectivity index (χ4v) is 12.8. The standard InChI is InChI=1S/C33H45ClN6O.C22H24F2N6O/c1-24-18-29(19-25(2)40(24)22-26-6-4-3-5-7-26)41-32-11-10-31(36-37-32)38-15-12-33(13-16-38)14-17-39(23-33)28-9-8-27(21-35)30(34)20-28;1-13(31)29-7-5-19-18(12-29)22(27-26-19)30-6-3-4-14-8-16(15-10-25-28(2)11-15)17(21(23)24)9-20(14)30/h8-11,20,24-26,29H,3-7,12-19,22-23H2,1-2H3;8-11,21H,3-7,12H2,1-2H3,(H,26,27). The largest absolute Gasteiger partial charge is 0.473 e. The Morgan fingerprint density at radius 2 is 1.71 bits per heavy atom. The molecular formula is C55H69ClF2N12O2. The van der Waals surface area contributed by atoms with Crippen LogP contribution in [0.1, 0.15) is 126 Å². The van der Waals surface area contributed by atoms with Crippen LogP contribution < -0.4 is 19.4 Å². The molecule has 1 amide bonds. The third-order valence-electron chi connectivity index (χ3n) is 16.7. The molecule has 382 valence electrons. The lowest BCUT2D eigenvalue weighted by Gasteiger charge is -2.44. The molecule has 0 bridgehead atoms. The number of anilines is 4. The van der Waals surface area contributed by atoms with Crippen LogP contribution in [0.25, 0.3) is 11.1 Å². The lowest BCUT2D eigenvalue weighted by atomic mass is 9.78. The fourth-order valence-electron chi connectivity index (χ4n) is 12.6. The Hall–Kier alpha value is -5.79. The lowest BCUT2D eigenvalue weighted by molar-refractivity contribution is -0.129. The van der Waals surface area contributed by atoms with E-state index in [1.807, 2.05) is 35.2 Å². The molecule has 2 unspecified atom stereocenters. The van der Waals surface area contributed by atoms with Crippen molar-refractivity contribution in [1.82, 2.24) is 40.0 Å². The molecule has 2 atom stereocenters. The maximum absolute atomic E-state index is 14.1. The Morgan fingerprint density at radius 1 is 0.944 bits per heavy atom. The number of piperidine rings is 2. The number of nitriles is 1. The number of nitrogens with one attached hydrogen (secondary N) is 1. The number of nitrogens with zero attached hydrogens (tertiary/aromatic N) is 11. The maximum Gasteiger partial charge on any atom is 0.264 e. The van der Waals surface area contributed by atoms with E-state index >= 15 is 0 Å². The van der Waals surface area contributed by atoms with E-state index in [0.717, 1.165) is 110 Å². The SMILES string of the molecule is CC(=O)N1CCc2[nH]nc(N3CCCc4cc(-c5cnn(C)c5)c(C(F)F)cc43)c2C1.CC1CC(Oc2ccc(N3CCC4(CCN(c5ccc(C#N)c(Cl)c5)C4)CC3)nn2)CC(C)N1CC1CCCCC1. The summed E-state index contributed by atoms with van der Waals surface area (Å²) in [6.45, 7) is 13.4.